The van der Waals surface area contributed by atoms with E-state index in [9.17, 15) is 14.4 Å². The predicted molar refractivity (Wildman–Crippen MR) is 107 cm³/mol. The van der Waals surface area contributed by atoms with Gasteiger partial charge in [0.15, 0.2) is 0 Å². The molecule has 0 bridgehead atoms. The molecule has 0 atom stereocenters. The molecule has 0 aliphatic carbocycles. The highest BCUT2D eigenvalue weighted by molar-refractivity contribution is 6.02. The van der Waals surface area contributed by atoms with Crippen molar-refractivity contribution in [2.75, 3.05) is 19.5 Å². The third-order valence-corrected chi connectivity index (χ3v) is 4.28. The lowest BCUT2D eigenvalue weighted by Gasteiger charge is -2.11. The molecule has 2 aromatic carbocycles. The van der Waals surface area contributed by atoms with E-state index in [2.05, 4.69) is 10.4 Å². The fourth-order valence-electron chi connectivity index (χ4n) is 2.64. The number of rotatable bonds is 5. The topological polar surface area (TPSA) is 104 Å². The van der Waals surface area contributed by atoms with Gasteiger partial charge in [-0.15, -0.1) is 0 Å². The molecule has 0 fully saturated rings. The standard InChI is InChI=1S/C20H20N4O5/c1-12-5-7-14(8-6-12)24-20(27)23(2)19(26)17(22-24)18(25)21-13-9-15(28-3)11-16(10-13)29-4/h5-11H,1-4H3,(H,21,25). The number of ether oxygens (including phenoxy) is 2. The molecule has 150 valence electrons. The number of amides is 1. The van der Waals surface area contributed by atoms with Crippen molar-refractivity contribution in [3.05, 3.63) is 74.6 Å². The second kappa shape index (κ2) is 8.01. The fraction of sp³-hybridized carbons (Fsp3) is 0.200. The van der Waals surface area contributed by atoms with Crippen LogP contribution in [0.3, 0.4) is 0 Å². The third-order valence-electron chi connectivity index (χ3n) is 4.28. The summed E-state index contributed by atoms with van der Waals surface area (Å²) in [6.45, 7) is 1.90. The van der Waals surface area contributed by atoms with Gasteiger partial charge in [-0.05, 0) is 19.1 Å². The van der Waals surface area contributed by atoms with Crippen LogP contribution in [0.15, 0.2) is 52.1 Å². The number of methoxy groups -OCH3 is 2. The minimum atomic E-state index is -0.800. The maximum Gasteiger partial charge on any atom is 0.351 e. The molecule has 0 spiro atoms. The number of aryl methyl sites for hydroxylation is 1. The summed E-state index contributed by atoms with van der Waals surface area (Å²) < 4.78 is 12.2. The molecule has 0 saturated heterocycles. The van der Waals surface area contributed by atoms with Crippen LogP contribution in [-0.2, 0) is 7.05 Å². The Morgan fingerprint density at radius 1 is 1.00 bits per heavy atom. The molecule has 0 aliphatic rings. The maximum absolute atomic E-state index is 12.8. The summed E-state index contributed by atoms with van der Waals surface area (Å²) in [6, 6.07) is 11.8. The van der Waals surface area contributed by atoms with Crippen molar-refractivity contribution < 1.29 is 14.3 Å². The summed E-state index contributed by atoms with van der Waals surface area (Å²) in [5, 5.41) is 6.60. The van der Waals surface area contributed by atoms with Crippen LogP contribution in [0.2, 0.25) is 0 Å². The van der Waals surface area contributed by atoms with Crippen LogP contribution in [0.5, 0.6) is 11.5 Å². The van der Waals surface area contributed by atoms with E-state index in [0.29, 0.717) is 22.9 Å². The van der Waals surface area contributed by atoms with Gasteiger partial charge in [0.25, 0.3) is 11.5 Å². The van der Waals surface area contributed by atoms with Crippen molar-refractivity contribution in [1.29, 1.82) is 0 Å². The summed E-state index contributed by atoms with van der Waals surface area (Å²) in [4.78, 5) is 37.7. The van der Waals surface area contributed by atoms with E-state index in [-0.39, 0.29) is 0 Å². The van der Waals surface area contributed by atoms with Gasteiger partial charge in [-0.2, -0.15) is 9.78 Å². The molecular formula is C20H20N4O5. The molecule has 0 saturated carbocycles. The minimum absolute atomic E-state index is 0.350. The lowest BCUT2D eigenvalue weighted by molar-refractivity contribution is 0.101. The minimum Gasteiger partial charge on any atom is -0.497 e. The van der Waals surface area contributed by atoms with Gasteiger partial charge in [0.2, 0.25) is 5.69 Å². The summed E-state index contributed by atoms with van der Waals surface area (Å²) in [6.07, 6.45) is 0. The molecular weight excluding hydrogens is 376 g/mol. The predicted octanol–water partition coefficient (Wildman–Crippen LogP) is 1.51. The Bertz CT molecular complexity index is 1160. The summed E-state index contributed by atoms with van der Waals surface area (Å²) >= 11 is 0. The van der Waals surface area contributed by atoms with Gasteiger partial charge in [-0.25, -0.2) is 4.79 Å². The number of hydrogen-bond acceptors (Lipinski definition) is 6. The Balaban J connectivity index is 2.04. The zero-order valence-electron chi connectivity index (χ0n) is 16.4. The summed E-state index contributed by atoms with van der Waals surface area (Å²) in [5.41, 5.74) is -0.0911. The Morgan fingerprint density at radius 2 is 1.59 bits per heavy atom. The molecule has 9 heteroatoms. The molecule has 3 rings (SSSR count). The zero-order valence-corrected chi connectivity index (χ0v) is 16.4. The van der Waals surface area contributed by atoms with Gasteiger partial charge in [0.05, 0.1) is 19.9 Å². The molecule has 0 unspecified atom stereocenters. The number of nitrogens with one attached hydrogen (secondary N) is 1. The largest absolute Gasteiger partial charge is 0.497 e. The van der Waals surface area contributed by atoms with E-state index < -0.39 is 22.9 Å². The lowest BCUT2D eigenvalue weighted by atomic mass is 10.2. The van der Waals surface area contributed by atoms with Crippen LogP contribution >= 0.6 is 0 Å². The second-order valence-corrected chi connectivity index (χ2v) is 6.30. The number of carbonyl (C=O) groups is 1. The van der Waals surface area contributed by atoms with Gasteiger partial charge in [-0.1, -0.05) is 17.7 Å². The van der Waals surface area contributed by atoms with Gasteiger partial charge in [-0.3, -0.25) is 14.2 Å². The van der Waals surface area contributed by atoms with Crippen LogP contribution in [0, 0.1) is 6.92 Å². The average molecular weight is 396 g/mol. The SMILES string of the molecule is COc1cc(NC(=O)c2nn(-c3ccc(C)cc3)c(=O)n(C)c2=O)cc(OC)c1. The average Bonchev–Trinajstić information content (AvgIpc) is 2.72. The smallest absolute Gasteiger partial charge is 0.351 e. The van der Waals surface area contributed by atoms with Crippen LogP contribution in [0.1, 0.15) is 16.1 Å². The number of anilines is 1. The molecule has 29 heavy (non-hydrogen) atoms. The molecule has 9 nitrogen and oxygen atoms in total. The first-order valence-corrected chi connectivity index (χ1v) is 8.66. The Kier molecular flexibility index (Phi) is 5.49. The van der Waals surface area contributed by atoms with Gasteiger partial charge >= 0.3 is 5.69 Å². The normalized spacial score (nSPS) is 10.5. The van der Waals surface area contributed by atoms with Crippen molar-refractivity contribution in [2.24, 2.45) is 7.05 Å². The number of benzene rings is 2. The van der Waals surface area contributed by atoms with E-state index in [1.165, 1.54) is 21.3 Å². The first-order valence-electron chi connectivity index (χ1n) is 8.66. The van der Waals surface area contributed by atoms with E-state index in [4.69, 9.17) is 9.47 Å². The first kappa shape index (κ1) is 19.9. The Hall–Kier alpha value is -3.88. The van der Waals surface area contributed by atoms with Crippen molar-refractivity contribution in [1.82, 2.24) is 14.3 Å². The highest BCUT2D eigenvalue weighted by Crippen LogP contribution is 2.25. The van der Waals surface area contributed by atoms with Crippen LogP contribution in [-0.4, -0.2) is 34.5 Å². The molecule has 0 aliphatic heterocycles. The molecule has 1 aromatic heterocycles. The summed E-state index contributed by atoms with van der Waals surface area (Å²) in [5.74, 6) is 0.164. The monoisotopic (exact) mass is 396 g/mol. The number of carbonyl (C=O) groups excluding carboxylic acids is 1. The molecule has 1 amide bonds. The van der Waals surface area contributed by atoms with Crippen molar-refractivity contribution in [3.8, 4) is 17.2 Å². The van der Waals surface area contributed by atoms with Gasteiger partial charge in [0.1, 0.15) is 11.5 Å². The Labute approximate surface area is 166 Å². The number of nitrogens with zero attached hydrogens (tertiary/aromatic N) is 3. The van der Waals surface area contributed by atoms with E-state index >= 15 is 0 Å². The van der Waals surface area contributed by atoms with Crippen molar-refractivity contribution in [2.45, 2.75) is 6.92 Å². The van der Waals surface area contributed by atoms with Crippen molar-refractivity contribution in [3.63, 3.8) is 0 Å². The number of hydrogen-bond donors (Lipinski definition) is 1. The number of aromatic nitrogens is 3. The van der Waals surface area contributed by atoms with Gasteiger partial charge < -0.3 is 14.8 Å². The van der Waals surface area contributed by atoms with E-state index in [1.807, 2.05) is 6.92 Å². The van der Waals surface area contributed by atoms with E-state index in [0.717, 1.165) is 14.8 Å². The van der Waals surface area contributed by atoms with Crippen LogP contribution < -0.4 is 26.0 Å². The molecule has 1 heterocycles. The highest BCUT2D eigenvalue weighted by Gasteiger charge is 2.19. The second-order valence-electron chi connectivity index (χ2n) is 6.30. The first-order chi connectivity index (χ1) is 13.8. The lowest BCUT2D eigenvalue weighted by Crippen LogP contribution is -2.43. The molecule has 0 radical (unpaired) electrons. The third kappa shape index (κ3) is 4.03. The fourth-order valence-corrected chi connectivity index (χ4v) is 2.64. The van der Waals surface area contributed by atoms with Gasteiger partial charge in [0, 0.05) is 30.9 Å². The van der Waals surface area contributed by atoms with E-state index in [1.54, 1.807) is 42.5 Å². The van der Waals surface area contributed by atoms with Crippen LogP contribution in [0.25, 0.3) is 5.69 Å². The molecule has 1 N–H and O–H groups in total. The Morgan fingerprint density at radius 3 is 2.14 bits per heavy atom. The molecule has 3 aromatic rings. The van der Waals surface area contributed by atoms with Crippen LogP contribution in [0.4, 0.5) is 5.69 Å². The highest BCUT2D eigenvalue weighted by atomic mass is 16.5. The summed E-state index contributed by atoms with van der Waals surface area (Å²) in [7, 11) is 4.26. The van der Waals surface area contributed by atoms with Crippen molar-refractivity contribution >= 4 is 11.6 Å². The maximum atomic E-state index is 12.8. The zero-order chi connectivity index (χ0) is 21.1. The quantitative estimate of drug-likeness (QED) is 0.701.